The van der Waals surface area contributed by atoms with Gasteiger partial charge in [0.25, 0.3) is 0 Å². The Morgan fingerprint density at radius 2 is 2.00 bits per heavy atom. The van der Waals surface area contributed by atoms with Crippen LogP contribution in [0.2, 0.25) is 0 Å². The highest BCUT2D eigenvalue weighted by molar-refractivity contribution is 5.79. The van der Waals surface area contributed by atoms with Gasteiger partial charge in [-0.25, -0.2) is 9.59 Å². The van der Waals surface area contributed by atoms with Crippen LogP contribution in [-0.4, -0.2) is 40.4 Å². The SMILES string of the molecule is CCCC(C)NC(=O)NCC(C)(O)C(=O)O. The molecule has 6 heteroatoms. The molecule has 0 aliphatic rings. The summed E-state index contributed by atoms with van der Waals surface area (Å²) in [7, 11) is 0. The van der Waals surface area contributed by atoms with Crippen LogP contribution >= 0.6 is 0 Å². The Morgan fingerprint density at radius 3 is 2.44 bits per heavy atom. The van der Waals surface area contributed by atoms with Crippen molar-refractivity contribution < 1.29 is 19.8 Å². The Bertz CT molecular complexity index is 253. The van der Waals surface area contributed by atoms with Crippen LogP contribution in [0.15, 0.2) is 0 Å². The number of carbonyl (C=O) groups is 2. The number of aliphatic carboxylic acids is 1. The monoisotopic (exact) mass is 232 g/mol. The normalized spacial score (nSPS) is 16.0. The molecule has 6 nitrogen and oxygen atoms in total. The molecule has 2 amide bonds. The summed E-state index contributed by atoms with van der Waals surface area (Å²) >= 11 is 0. The predicted octanol–water partition coefficient (Wildman–Crippen LogP) is 0.310. The second kappa shape index (κ2) is 6.32. The second-order valence-electron chi connectivity index (χ2n) is 4.10. The van der Waals surface area contributed by atoms with E-state index in [2.05, 4.69) is 10.6 Å². The zero-order valence-corrected chi connectivity index (χ0v) is 9.91. The minimum Gasteiger partial charge on any atom is -0.479 e. The molecule has 2 unspecified atom stereocenters. The van der Waals surface area contributed by atoms with Gasteiger partial charge in [-0.15, -0.1) is 0 Å². The molecule has 0 aliphatic heterocycles. The molecule has 0 aromatic heterocycles. The molecule has 16 heavy (non-hydrogen) atoms. The summed E-state index contributed by atoms with van der Waals surface area (Å²) in [5.74, 6) is -1.37. The first-order valence-corrected chi connectivity index (χ1v) is 5.29. The maximum atomic E-state index is 11.3. The molecule has 0 bridgehead atoms. The van der Waals surface area contributed by atoms with E-state index in [1.165, 1.54) is 0 Å². The van der Waals surface area contributed by atoms with Gasteiger partial charge in [0.15, 0.2) is 5.60 Å². The van der Waals surface area contributed by atoms with Crippen LogP contribution in [0.1, 0.15) is 33.6 Å². The van der Waals surface area contributed by atoms with Crippen molar-refractivity contribution in [2.45, 2.75) is 45.3 Å². The molecule has 4 N–H and O–H groups in total. The fourth-order valence-electron chi connectivity index (χ4n) is 1.11. The van der Waals surface area contributed by atoms with Crippen LogP contribution in [0, 0.1) is 0 Å². The van der Waals surface area contributed by atoms with Crippen LogP contribution in [0.4, 0.5) is 4.79 Å². The van der Waals surface area contributed by atoms with Gasteiger partial charge in [0.2, 0.25) is 0 Å². The van der Waals surface area contributed by atoms with Crippen LogP contribution in [-0.2, 0) is 4.79 Å². The van der Waals surface area contributed by atoms with Crippen LogP contribution < -0.4 is 10.6 Å². The lowest BCUT2D eigenvalue weighted by atomic mass is 10.1. The number of nitrogens with one attached hydrogen (secondary N) is 2. The van der Waals surface area contributed by atoms with E-state index in [1.54, 1.807) is 0 Å². The van der Waals surface area contributed by atoms with Crippen LogP contribution in [0.25, 0.3) is 0 Å². The Hall–Kier alpha value is -1.30. The summed E-state index contributed by atoms with van der Waals surface area (Å²) in [4.78, 5) is 21.8. The summed E-state index contributed by atoms with van der Waals surface area (Å²) in [6, 6.07) is -0.442. The van der Waals surface area contributed by atoms with Gasteiger partial charge in [-0.1, -0.05) is 13.3 Å². The Kier molecular flexibility index (Phi) is 5.81. The second-order valence-corrected chi connectivity index (χ2v) is 4.10. The van der Waals surface area contributed by atoms with Crippen LogP contribution in [0.5, 0.6) is 0 Å². The van der Waals surface area contributed by atoms with E-state index in [0.717, 1.165) is 19.8 Å². The first-order chi connectivity index (χ1) is 7.29. The highest BCUT2D eigenvalue weighted by Gasteiger charge is 2.30. The van der Waals surface area contributed by atoms with Crippen molar-refractivity contribution in [3.05, 3.63) is 0 Å². The van der Waals surface area contributed by atoms with Gasteiger partial charge in [0, 0.05) is 6.04 Å². The summed E-state index contributed by atoms with van der Waals surface area (Å²) in [6.07, 6.45) is 1.80. The number of hydrogen-bond acceptors (Lipinski definition) is 3. The van der Waals surface area contributed by atoms with Crippen molar-refractivity contribution in [3.63, 3.8) is 0 Å². The number of hydrogen-bond donors (Lipinski definition) is 4. The minimum absolute atomic E-state index is 0.0276. The first kappa shape index (κ1) is 14.7. The summed E-state index contributed by atoms with van der Waals surface area (Å²) in [5, 5.41) is 22.9. The van der Waals surface area contributed by atoms with Crippen molar-refractivity contribution in [2.75, 3.05) is 6.54 Å². The summed E-state index contributed by atoms with van der Waals surface area (Å²) in [6.45, 7) is 4.67. The average molecular weight is 232 g/mol. The van der Waals surface area contributed by atoms with Gasteiger partial charge in [0.05, 0.1) is 6.54 Å². The Balaban J connectivity index is 3.94. The van der Waals surface area contributed by atoms with Crippen molar-refractivity contribution in [1.82, 2.24) is 10.6 Å². The molecule has 0 heterocycles. The molecule has 0 fully saturated rings. The fourth-order valence-corrected chi connectivity index (χ4v) is 1.11. The number of aliphatic hydroxyl groups is 1. The number of amides is 2. The van der Waals surface area contributed by atoms with Gasteiger partial charge < -0.3 is 20.8 Å². The third-order valence-corrected chi connectivity index (χ3v) is 2.15. The first-order valence-electron chi connectivity index (χ1n) is 5.29. The molecule has 0 aliphatic carbocycles. The summed E-state index contributed by atoms with van der Waals surface area (Å²) in [5.41, 5.74) is -1.94. The third-order valence-electron chi connectivity index (χ3n) is 2.15. The molecule has 0 aromatic rings. The topological polar surface area (TPSA) is 98.7 Å². The van der Waals surface area contributed by atoms with Gasteiger partial charge in [-0.05, 0) is 20.3 Å². The van der Waals surface area contributed by atoms with E-state index < -0.39 is 17.6 Å². The highest BCUT2D eigenvalue weighted by Crippen LogP contribution is 2.00. The standard InChI is InChI=1S/C10H20N2O4/c1-4-5-7(2)12-9(15)11-6-10(3,16)8(13)14/h7,16H,4-6H2,1-3H3,(H,13,14)(H2,11,12,15). The Labute approximate surface area is 95.0 Å². The maximum Gasteiger partial charge on any atom is 0.337 e. The molecular weight excluding hydrogens is 212 g/mol. The van der Waals surface area contributed by atoms with E-state index in [4.69, 9.17) is 5.11 Å². The number of carboxylic acids is 1. The molecule has 0 saturated carbocycles. The van der Waals surface area contributed by atoms with Gasteiger partial charge in [-0.2, -0.15) is 0 Å². The molecule has 0 spiro atoms. The maximum absolute atomic E-state index is 11.3. The van der Waals surface area contributed by atoms with Crippen LogP contribution in [0.3, 0.4) is 0 Å². The molecule has 2 atom stereocenters. The smallest absolute Gasteiger partial charge is 0.337 e. The Morgan fingerprint density at radius 1 is 1.44 bits per heavy atom. The number of carboxylic acid groups (broad SMARTS) is 1. The predicted molar refractivity (Wildman–Crippen MR) is 59.2 cm³/mol. The third kappa shape index (κ3) is 5.55. The lowest BCUT2D eigenvalue weighted by Gasteiger charge is -2.20. The number of urea groups is 1. The van der Waals surface area contributed by atoms with E-state index in [-0.39, 0.29) is 12.6 Å². The largest absolute Gasteiger partial charge is 0.479 e. The molecular formula is C10H20N2O4. The molecule has 0 saturated heterocycles. The van der Waals surface area contributed by atoms with Gasteiger partial charge >= 0.3 is 12.0 Å². The molecule has 94 valence electrons. The molecule has 0 aromatic carbocycles. The lowest BCUT2D eigenvalue weighted by Crippen LogP contribution is -2.50. The minimum atomic E-state index is -1.94. The zero-order chi connectivity index (χ0) is 12.8. The van der Waals surface area contributed by atoms with E-state index in [0.29, 0.717) is 0 Å². The zero-order valence-electron chi connectivity index (χ0n) is 9.91. The van der Waals surface area contributed by atoms with Crippen molar-refractivity contribution in [3.8, 4) is 0 Å². The van der Waals surface area contributed by atoms with E-state index >= 15 is 0 Å². The quantitative estimate of drug-likeness (QED) is 0.529. The van der Waals surface area contributed by atoms with Gasteiger partial charge in [0.1, 0.15) is 0 Å². The van der Waals surface area contributed by atoms with Gasteiger partial charge in [-0.3, -0.25) is 0 Å². The van der Waals surface area contributed by atoms with E-state index in [9.17, 15) is 14.7 Å². The highest BCUT2D eigenvalue weighted by atomic mass is 16.4. The van der Waals surface area contributed by atoms with E-state index in [1.807, 2.05) is 13.8 Å². The average Bonchev–Trinajstić information content (AvgIpc) is 2.15. The molecule has 0 rings (SSSR count). The molecule has 0 radical (unpaired) electrons. The van der Waals surface area contributed by atoms with Crippen molar-refractivity contribution in [2.24, 2.45) is 0 Å². The lowest BCUT2D eigenvalue weighted by molar-refractivity contribution is -0.155. The summed E-state index contributed by atoms with van der Waals surface area (Å²) < 4.78 is 0. The number of carbonyl (C=O) groups excluding carboxylic acids is 1. The van der Waals surface area contributed by atoms with Crippen molar-refractivity contribution >= 4 is 12.0 Å². The fraction of sp³-hybridized carbons (Fsp3) is 0.800. The number of rotatable bonds is 6. The van der Waals surface area contributed by atoms with Crippen molar-refractivity contribution in [1.29, 1.82) is 0 Å².